The molecule has 1 aromatic rings. The zero-order chi connectivity index (χ0) is 14.3. The second-order valence-electron chi connectivity index (χ2n) is 7.49. The highest BCUT2D eigenvalue weighted by molar-refractivity contribution is 5.66. The molecule has 0 bridgehead atoms. The van der Waals surface area contributed by atoms with Gasteiger partial charge in [-0.15, -0.1) is 0 Å². The molecule has 0 unspecified atom stereocenters. The first kappa shape index (κ1) is 14.2. The van der Waals surface area contributed by atoms with E-state index >= 15 is 0 Å². The van der Waals surface area contributed by atoms with E-state index in [1.54, 1.807) is 6.07 Å². The predicted molar refractivity (Wildman–Crippen MR) is 79.6 cm³/mol. The first-order valence-corrected chi connectivity index (χ1v) is 6.99. The molecule has 1 saturated carbocycles. The van der Waals surface area contributed by atoms with Gasteiger partial charge in [0, 0.05) is 6.04 Å². The Kier molecular flexibility index (Phi) is 3.50. The van der Waals surface area contributed by atoms with E-state index in [2.05, 4.69) is 33.0 Å². The van der Waals surface area contributed by atoms with Gasteiger partial charge in [0.15, 0.2) is 0 Å². The maximum absolute atomic E-state index is 13.3. The number of anilines is 2. The van der Waals surface area contributed by atoms with Gasteiger partial charge in [-0.1, -0.05) is 27.7 Å². The van der Waals surface area contributed by atoms with Gasteiger partial charge < -0.3 is 11.1 Å². The monoisotopic (exact) mass is 264 g/mol. The average molecular weight is 264 g/mol. The summed E-state index contributed by atoms with van der Waals surface area (Å²) in [6.45, 7) is 9.21. The van der Waals surface area contributed by atoms with Gasteiger partial charge in [0.2, 0.25) is 0 Å². The molecule has 106 valence electrons. The van der Waals surface area contributed by atoms with Crippen LogP contribution in [-0.2, 0) is 0 Å². The molecule has 3 N–H and O–H groups in total. The quantitative estimate of drug-likeness (QED) is 0.776. The lowest BCUT2D eigenvalue weighted by atomic mass is 9.63. The van der Waals surface area contributed by atoms with E-state index in [4.69, 9.17) is 5.73 Å². The summed E-state index contributed by atoms with van der Waals surface area (Å²) in [6, 6.07) is 4.86. The number of nitrogen functional groups attached to an aromatic ring is 1. The molecule has 2 rings (SSSR count). The highest BCUT2D eigenvalue weighted by Crippen LogP contribution is 2.46. The van der Waals surface area contributed by atoms with Crippen molar-refractivity contribution in [2.75, 3.05) is 11.1 Å². The molecule has 0 aromatic heterocycles. The minimum absolute atomic E-state index is 0.244. The average Bonchev–Trinajstić information content (AvgIpc) is 2.18. The summed E-state index contributed by atoms with van der Waals surface area (Å²) in [7, 11) is 0. The molecule has 19 heavy (non-hydrogen) atoms. The number of hydrogen-bond donors (Lipinski definition) is 2. The minimum Gasteiger partial charge on any atom is -0.397 e. The third-order valence-corrected chi connectivity index (χ3v) is 3.93. The van der Waals surface area contributed by atoms with Crippen LogP contribution in [0.25, 0.3) is 0 Å². The van der Waals surface area contributed by atoms with Crippen molar-refractivity contribution >= 4 is 11.4 Å². The van der Waals surface area contributed by atoms with Gasteiger partial charge in [-0.25, -0.2) is 4.39 Å². The zero-order valence-corrected chi connectivity index (χ0v) is 12.4. The number of nitrogens with two attached hydrogens (primary N) is 1. The van der Waals surface area contributed by atoms with E-state index in [9.17, 15) is 4.39 Å². The van der Waals surface area contributed by atoms with Crippen molar-refractivity contribution in [2.45, 2.75) is 53.0 Å². The smallest absolute Gasteiger partial charge is 0.125 e. The fraction of sp³-hybridized carbons (Fsp3) is 0.625. The molecular formula is C16H25FN2. The molecule has 0 spiro atoms. The summed E-state index contributed by atoms with van der Waals surface area (Å²) in [5, 5.41) is 3.44. The largest absolute Gasteiger partial charge is 0.397 e. The topological polar surface area (TPSA) is 38.0 Å². The summed E-state index contributed by atoms with van der Waals surface area (Å²) in [5.74, 6) is -0.244. The molecular weight excluding hydrogens is 239 g/mol. The summed E-state index contributed by atoms with van der Waals surface area (Å²) in [6.07, 6.45) is 3.40. The van der Waals surface area contributed by atoms with Crippen molar-refractivity contribution in [1.29, 1.82) is 0 Å². The van der Waals surface area contributed by atoms with Crippen molar-refractivity contribution < 1.29 is 4.39 Å². The van der Waals surface area contributed by atoms with Gasteiger partial charge >= 0.3 is 0 Å². The number of benzene rings is 1. The molecule has 1 aliphatic carbocycles. The van der Waals surface area contributed by atoms with Crippen LogP contribution in [0.5, 0.6) is 0 Å². The SMILES string of the molecule is CC1(C)CC(Nc2cc(F)ccc2N)CC(C)(C)C1. The standard InChI is InChI=1S/C16H25FN2/c1-15(2)8-12(9-16(3,4)10-15)19-14-7-11(17)5-6-13(14)18/h5-7,12,19H,8-10,18H2,1-4H3. The summed E-state index contributed by atoms with van der Waals surface area (Å²) in [4.78, 5) is 0. The maximum Gasteiger partial charge on any atom is 0.125 e. The fourth-order valence-electron chi connectivity index (χ4n) is 3.82. The Morgan fingerprint density at radius 1 is 1.16 bits per heavy atom. The van der Waals surface area contributed by atoms with E-state index in [0.717, 1.165) is 18.5 Å². The van der Waals surface area contributed by atoms with Crippen LogP contribution in [0.3, 0.4) is 0 Å². The molecule has 0 heterocycles. The Morgan fingerprint density at radius 3 is 2.32 bits per heavy atom. The molecule has 2 nitrogen and oxygen atoms in total. The van der Waals surface area contributed by atoms with Crippen molar-refractivity contribution in [3.63, 3.8) is 0 Å². The third-order valence-electron chi connectivity index (χ3n) is 3.93. The Labute approximate surface area is 115 Å². The lowest BCUT2D eigenvalue weighted by Crippen LogP contribution is -2.40. The van der Waals surface area contributed by atoms with Crippen LogP contribution in [0, 0.1) is 16.6 Å². The van der Waals surface area contributed by atoms with E-state index in [1.165, 1.54) is 18.6 Å². The predicted octanol–water partition coefficient (Wildman–Crippen LogP) is 4.42. The number of nitrogens with one attached hydrogen (secondary N) is 1. The Bertz CT molecular complexity index is 450. The van der Waals surface area contributed by atoms with Gasteiger partial charge in [0.05, 0.1) is 11.4 Å². The lowest BCUT2D eigenvalue weighted by Gasteiger charge is -2.45. The molecule has 1 fully saturated rings. The van der Waals surface area contributed by atoms with Gasteiger partial charge in [-0.2, -0.15) is 0 Å². The second-order valence-corrected chi connectivity index (χ2v) is 7.49. The zero-order valence-electron chi connectivity index (χ0n) is 12.4. The van der Waals surface area contributed by atoms with E-state index in [0.29, 0.717) is 22.6 Å². The molecule has 0 radical (unpaired) electrons. The third kappa shape index (κ3) is 3.62. The van der Waals surface area contributed by atoms with Gasteiger partial charge in [-0.05, 0) is 48.3 Å². The number of hydrogen-bond acceptors (Lipinski definition) is 2. The van der Waals surface area contributed by atoms with E-state index < -0.39 is 0 Å². The lowest BCUT2D eigenvalue weighted by molar-refractivity contribution is 0.105. The van der Waals surface area contributed by atoms with E-state index in [1.807, 2.05) is 0 Å². The van der Waals surface area contributed by atoms with Crippen LogP contribution < -0.4 is 11.1 Å². The summed E-state index contributed by atoms with van der Waals surface area (Å²) in [5.41, 5.74) is 7.86. The summed E-state index contributed by atoms with van der Waals surface area (Å²) >= 11 is 0. The van der Waals surface area contributed by atoms with Crippen molar-refractivity contribution in [2.24, 2.45) is 10.8 Å². The van der Waals surface area contributed by atoms with E-state index in [-0.39, 0.29) is 5.82 Å². The van der Waals surface area contributed by atoms with Crippen LogP contribution in [-0.4, -0.2) is 6.04 Å². The molecule has 0 saturated heterocycles. The van der Waals surface area contributed by atoms with Crippen molar-refractivity contribution in [3.8, 4) is 0 Å². The maximum atomic E-state index is 13.3. The van der Waals surface area contributed by atoms with Crippen LogP contribution in [0.4, 0.5) is 15.8 Å². The van der Waals surface area contributed by atoms with Crippen molar-refractivity contribution in [3.05, 3.63) is 24.0 Å². The van der Waals surface area contributed by atoms with Crippen LogP contribution >= 0.6 is 0 Å². The highest BCUT2D eigenvalue weighted by atomic mass is 19.1. The van der Waals surface area contributed by atoms with Gasteiger partial charge in [-0.3, -0.25) is 0 Å². The normalized spacial score (nSPS) is 22.2. The number of halogens is 1. The van der Waals surface area contributed by atoms with Gasteiger partial charge in [0.1, 0.15) is 5.82 Å². The van der Waals surface area contributed by atoms with Crippen molar-refractivity contribution in [1.82, 2.24) is 0 Å². The van der Waals surface area contributed by atoms with Crippen LogP contribution in [0.1, 0.15) is 47.0 Å². The molecule has 0 aliphatic heterocycles. The number of rotatable bonds is 2. The summed E-state index contributed by atoms with van der Waals surface area (Å²) < 4.78 is 13.3. The molecule has 0 amide bonds. The first-order valence-electron chi connectivity index (χ1n) is 6.99. The molecule has 3 heteroatoms. The Balaban J connectivity index is 2.16. The Hall–Kier alpha value is -1.25. The molecule has 1 aliphatic rings. The van der Waals surface area contributed by atoms with Crippen LogP contribution in [0.15, 0.2) is 18.2 Å². The molecule has 1 aromatic carbocycles. The fourth-order valence-corrected chi connectivity index (χ4v) is 3.82. The first-order chi connectivity index (χ1) is 8.67. The van der Waals surface area contributed by atoms with Crippen LogP contribution in [0.2, 0.25) is 0 Å². The van der Waals surface area contributed by atoms with Gasteiger partial charge in [0.25, 0.3) is 0 Å². The Morgan fingerprint density at radius 2 is 1.74 bits per heavy atom. The highest BCUT2D eigenvalue weighted by Gasteiger charge is 2.38. The minimum atomic E-state index is -0.244. The second kappa shape index (κ2) is 4.69. The molecule has 0 atom stereocenters.